The van der Waals surface area contributed by atoms with Gasteiger partial charge in [0, 0.05) is 11.1 Å². The number of aryl methyl sites for hydroxylation is 2. The number of nitrogens with zero attached hydrogens (tertiary/aromatic N) is 1. The minimum atomic E-state index is -5.72. The molecule has 0 unspecified atom stereocenters. The summed E-state index contributed by atoms with van der Waals surface area (Å²) in [6.45, 7) is 1.83. The molecule has 1 aromatic carbocycles. The van der Waals surface area contributed by atoms with Gasteiger partial charge in [-0.2, -0.15) is 26.3 Å². The molecule has 1 heterocycles. The standard InChI is InChI=1S/C15H13F6NO2/c1-9-12(10(2)24-22-9)8-23-13(14(16,17)18,15(19,20)21)11-6-4-3-5-7-11/h3-7H,8H2,1-2H3. The third-order valence-electron chi connectivity index (χ3n) is 3.59. The first kappa shape index (κ1) is 18.3. The van der Waals surface area contributed by atoms with E-state index in [-0.39, 0.29) is 17.0 Å². The van der Waals surface area contributed by atoms with Crippen LogP contribution < -0.4 is 0 Å². The number of hydrogen-bond acceptors (Lipinski definition) is 3. The van der Waals surface area contributed by atoms with Crippen LogP contribution in [0.25, 0.3) is 0 Å². The first-order valence-corrected chi connectivity index (χ1v) is 6.75. The lowest BCUT2D eigenvalue weighted by atomic mass is 9.91. The van der Waals surface area contributed by atoms with Gasteiger partial charge in [0.15, 0.2) is 0 Å². The molecule has 0 atom stereocenters. The van der Waals surface area contributed by atoms with E-state index in [2.05, 4.69) is 9.89 Å². The molecule has 0 aliphatic carbocycles. The average molecular weight is 353 g/mol. The lowest BCUT2D eigenvalue weighted by Crippen LogP contribution is -2.55. The van der Waals surface area contributed by atoms with Crippen LogP contribution in [-0.4, -0.2) is 17.5 Å². The smallest absolute Gasteiger partial charge is 0.361 e. The highest BCUT2D eigenvalue weighted by atomic mass is 19.4. The van der Waals surface area contributed by atoms with Gasteiger partial charge in [0.1, 0.15) is 5.76 Å². The van der Waals surface area contributed by atoms with Crippen molar-refractivity contribution in [2.45, 2.75) is 38.4 Å². The van der Waals surface area contributed by atoms with Gasteiger partial charge in [-0.05, 0) is 13.8 Å². The van der Waals surface area contributed by atoms with Crippen LogP contribution in [0.15, 0.2) is 34.9 Å². The fourth-order valence-corrected chi connectivity index (χ4v) is 2.30. The number of benzene rings is 1. The highest BCUT2D eigenvalue weighted by Crippen LogP contribution is 2.53. The van der Waals surface area contributed by atoms with Crippen molar-refractivity contribution in [3.05, 3.63) is 52.9 Å². The zero-order valence-electron chi connectivity index (χ0n) is 12.6. The van der Waals surface area contributed by atoms with Gasteiger partial charge < -0.3 is 9.26 Å². The van der Waals surface area contributed by atoms with Gasteiger partial charge in [-0.25, -0.2) is 0 Å². The molecule has 2 rings (SSSR count). The number of aromatic nitrogens is 1. The van der Waals surface area contributed by atoms with E-state index in [1.165, 1.54) is 19.9 Å². The highest BCUT2D eigenvalue weighted by Gasteiger charge is 2.73. The Hall–Kier alpha value is -2.03. The van der Waals surface area contributed by atoms with Gasteiger partial charge in [-0.15, -0.1) is 0 Å². The van der Waals surface area contributed by atoms with E-state index in [0.29, 0.717) is 0 Å². The van der Waals surface area contributed by atoms with Crippen molar-refractivity contribution >= 4 is 0 Å². The Balaban J connectivity index is 2.54. The molecular formula is C15H13F6NO2. The number of alkyl halides is 6. The molecule has 0 saturated carbocycles. The predicted molar refractivity (Wildman–Crippen MR) is 71.0 cm³/mol. The van der Waals surface area contributed by atoms with Crippen LogP contribution in [0, 0.1) is 13.8 Å². The Morgan fingerprint density at radius 2 is 1.50 bits per heavy atom. The molecule has 0 spiro atoms. The Bertz CT molecular complexity index is 657. The van der Waals surface area contributed by atoms with E-state index in [1.54, 1.807) is 0 Å². The molecule has 0 N–H and O–H groups in total. The van der Waals surface area contributed by atoms with Crippen molar-refractivity contribution in [3.8, 4) is 0 Å². The lowest BCUT2D eigenvalue weighted by Gasteiger charge is -2.37. The summed E-state index contributed by atoms with van der Waals surface area (Å²) in [4.78, 5) is 0. The van der Waals surface area contributed by atoms with Gasteiger partial charge >= 0.3 is 12.4 Å². The number of hydrogen-bond donors (Lipinski definition) is 0. The second kappa shape index (κ2) is 6.12. The van der Waals surface area contributed by atoms with E-state index in [0.717, 1.165) is 24.3 Å². The average Bonchev–Trinajstić information content (AvgIpc) is 2.77. The van der Waals surface area contributed by atoms with Crippen LogP contribution in [0.4, 0.5) is 26.3 Å². The van der Waals surface area contributed by atoms with E-state index in [9.17, 15) is 26.3 Å². The maximum absolute atomic E-state index is 13.5. The van der Waals surface area contributed by atoms with Crippen molar-refractivity contribution < 1.29 is 35.6 Å². The maximum atomic E-state index is 13.5. The van der Waals surface area contributed by atoms with Crippen LogP contribution in [0.1, 0.15) is 22.6 Å². The zero-order chi connectivity index (χ0) is 18.2. The monoisotopic (exact) mass is 353 g/mol. The van der Waals surface area contributed by atoms with Gasteiger partial charge in [0.25, 0.3) is 5.60 Å². The third kappa shape index (κ3) is 3.00. The van der Waals surface area contributed by atoms with Crippen LogP contribution in [-0.2, 0) is 16.9 Å². The van der Waals surface area contributed by atoms with Crippen molar-refractivity contribution in [1.82, 2.24) is 5.16 Å². The molecule has 0 saturated heterocycles. The Morgan fingerprint density at radius 1 is 0.958 bits per heavy atom. The Morgan fingerprint density at radius 3 is 1.92 bits per heavy atom. The second-order valence-electron chi connectivity index (χ2n) is 5.13. The Kier molecular flexibility index (Phi) is 4.67. The van der Waals surface area contributed by atoms with E-state index in [1.807, 2.05) is 0 Å². The summed E-state index contributed by atoms with van der Waals surface area (Å²) in [5.41, 5.74) is -5.28. The summed E-state index contributed by atoms with van der Waals surface area (Å²) in [5.74, 6) is 0.0961. The topological polar surface area (TPSA) is 35.3 Å². The minimum absolute atomic E-state index is 0.0452. The largest absolute Gasteiger partial charge is 0.430 e. The molecule has 0 fully saturated rings. The fourth-order valence-electron chi connectivity index (χ4n) is 2.30. The number of ether oxygens (including phenoxy) is 1. The normalized spacial score (nSPS) is 13.3. The number of halogens is 6. The summed E-state index contributed by atoms with van der Waals surface area (Å²) in [6.07, 6.45) is -11.4. The molecule has 0 bridgehead atoms. The van der Waals surface area contributed by atoms with Crippen molar-refractivity contribution in [3.63, 3.8) is 0 Å². The first-order valence-electron chi connectivity index (χ1n) is 6.75. The summed E-state index contributed by atoms with van der Waals surface area (Å²) in [6, 6.07) is 4.94. The summed E-state index contributed by atoms with van der Waals surface area (Å²) in [7, 11) is 0. The SMILES string of the molecule is Cc1noc(C)c1COC(c1ccccc1)(C(F)(F)F)C(F)(F)F. The molecule has 132 valence electrons. The summed E-state index contributed by atoms with van der Waals surface area (Å²) in [5, 5.41) is 3.50. The molecule has 0 radical (unpaired) electrons. The fraction of sp³-hybridized carbons (Fsp3) is 0.400. The van der Waals surface area contributed by atoms with Crippen molar-refractivity contribution in [1.29, 1.82) is 0 Å². The van der Waals surface area contributed by atoms with Crippen molar-refractivity contribution in [2.75, 3.05) is 0 Å². The molecule has 24 heavy (non-hydrogen) atoms. The maximum Gasteiger partial charge on any atom is 0.430 e. The third-order valence-corrected chi connectivity index (χ3v) is 3.59. The summed E-state index contributed by atoms with van der Waals surface area (Å²) < 4.78 is 90.3. The Labute approximate surface area is 133 Å². The van der Waals surface area contributed by atoms with Crippen LogP contribution in [0.3, 0.4) is 0 Å². The molecule has 3 nitrogen and oxygen atoms in total. The molecule has 0 amide bonds. The van der Waals surface area contributed by atoms with Gasteiger partial charge in [0.2, 0.25) is 0 Å². The second-order valence-corrected chi connectivity index (χ2v) is 5.13. The molecular weight excluding hydrogens is 340 g/mol. The lowest BCUT2D eigenvalue weighted by molar-refractivity contribution is -0.392. The summed E-state index contributed by atoms with van der Waals surface area (Å²) >= 11 is 0. The molecule has 1 aromatic heterocycles. The van der Waals surface area contributed by atoms with Crippen LogP contribution in [0.5, 0.6) is 0 Å². The highest BCUT2D eigenvalue weighted by molar-refractivity contribution is 5.28. The van der Waals surface area contributed by atoms with Crippen LogP contribution in [0.2, 0.25) is 0 Å². The minimum Gasteiger partial charge on any atom is -0.361 e. The van der Waals surface area contributed by atoms with Crippen LogP contribution >= 0.6 is 0 Å². The zero-order valence-corrected chi connectivity index (χ0v) is 12.6. The quantitative estimate of drug-likeness (QED) is 0.739. The predicted octanol–water partition coefficient (Wildman–Crippen LogP) is 4.83. The van der Waals surface area contributed by atoms with Gasteiger partial charge in [-0.1, -0.05) is 35.5 Å². The molecule has 0 aliphatic heterocycles. The van der Waals surface area contributed by atoms with E-state index in [4.69, 9.17) is 4.52 Å². The van der Waals surface area contributed by atoms with E-state index >= 15 is 0 Å². The van der Waals surface area contributed by atoms with Gasteiger partial charge in [-0.3, -0.25) is 0 Å². The number of rotatable bonds is 4. The molecule has 2 aromatic rings. The van der Waals surface area contributed by atoms with E-state index < -0.39 is 30.1 Å². The molecule has 0 aliphatic rings. The first-order chi connectivity index (χ1) is 11.0. The molecule has 9 heteroatoms. The van der Waals surface area contributed by atoms with Crippen molar-refractivity contribution in [2.24, 2.45) is 0 Å². The van der Waals surface area contributed by atoms with Gasteiger partial charge in [0.05, 0.1) is 12.3 Å².